The van der Waals surface area contributed by atoms with Gasteiger partial charge in [-0.25, -0.2) is 30.0 Å². The number of hydrogen-bond acceptors (Lipinski definition) is 14. The molecule has 57 heavy (non-hydrogen) atoms. The molecule has 6 aromatic rings. The molecule has 0 aliphatic carbocycles. The van der Waals surface area contributed by atoms with Crippen molar-refractivity contribution in [3.63, 3.8) is 0 Å². The summed E-state index contributed by atoms with van der Waals surface area (Å²) in [4.78, 5) is 31.5. The zero-order valence-corrected chi connectivity index (χ0v) is 34.1. The Morgan fingerprint density at radius 3 is 1.14 bits per heavy atom. The van der Waals surface area contributed by atoms with Gasteiger partial charge >= 0.3 is 26.5 Å². The zero-order valence-electron chi connectivity index (χ0n) is 31.1. The van der Waals surface area contributed by atoms with Crippen molar-refractivity contribution in [3.05, 3.63) is 130 Å². The first-order chi connectivity index (χ1) is 27.9. The Labute approximate surface area is 327 Å². The van der Waals surface area contributed by atoms with Crippen LogP contribution in [0.3, 0.4) is 0 Å². The van der Waals surface area contributed by atoms with Crippen LogP contribution >= 0.6 is 0 Å². The molecule has 0 saturated heterocycles. The number of aliphatic imine (C=N–C) groups is 4. The molecule has 2 aromatic heterocycles. The van der Waals surface area contributed by atoms with Gasteiger partial charge in [-0.1, -0.05) is 97.1 Å². The number of aliphatic hydroxyl groups is 2. The van der Waals surface area contributed by atoms with Crippen LogP contribution in [-0.2, 0) is 25.9 Å². The number of rotatable bonds is 10. The van der Waals surface area contributed by atoms with Crippen molar-refractivity contribution in [2.24, 2.45) is 30.0 Å². The molecule has 6 heterocycles. The predicted molar refractivity (Wildman–Crippen MR) is 217 cm³/mol. The van der Waals surface area contributed by atoms with Gasteiger partial charge < -0.3 is 36.1 Å². The highest BCUT2D eigenvalue weighted by molar-refractivity contribution is 6.83. The lowest BCUT2D eigenvalue weighted by Crippen LogP contribution is -2.74. The molecule has 10 rings (SSSR count). The van der Waals surface area contributed by atoms with Gasteiger partial charge in [-0.15, -0.1) is 0 Å². The van der Waals surface area contributed by atoms with Crippen LogP contribution in [0.15, 0.2) is 127 Å². The summed E-state index contributed by atoms with van der Waals surface area (Å²) in [6, 6.07) is 30.8. The van der Waals surface area contributed by atoms with E-state index in [2.05, 4.69) is 0 Å². The topological polar surface area (TPSA) is 180 Å². The maximum absolute atomic E-state index is 11.2. The summed E-state index contributed by atoms with van der Waals surface area (Å²) >= 11 is 0. The smallest absolute Gasteiger partial charge is 0.392 e. The summed E-state index contributed by atoms with van der Waals surface area (Å²) in [7, 11) is -7.80. The Kier molecular flexibility index (Phi) is 8.40. The molecule has 4 aliphatic heterocycles. The summed E-state index contributed by atoms with van der Waals surface area (Å²) in [5.41, 5.74) is 3.70. The van der Waals surface area contributed by atoms with Gasteiger partial charge in [-0.05, 0) is 0 Å². The Balaban J connectivity index is 1.55. The van der Waals surface area contributed by atoms with Crippen LogP contribution in [0.5, 0.6) is 0 Å². The molecule has 0 amide bonds. The fraction of sp³-hybridized carbons (Fsp3) is 0.158. The van der Waals surface area contributed by atoms with Crippen LogP contribution in [-0.4, -0.2) is 109 Å². The number of aliphatic hydroxyl groups excluding tert-OH is 2. The third-order valence-electron chi connectivity index (χ3n) is 10.5. The number of nitrogens with zero attached hydrogens (tertiary/aromatic N) is 8. The fourth-order valence-electron chi connectivity index (χ4n) is 7.70. The number of aromatic nitrogens is 2. The normalized spacial score (nSPS) is 16.2. The Hall–Kier alpha value is -5.43. The number of hydrogen-bond donors (Lipinski definition) is 2. The molecule has 2 N–H and O–H groups in total. The van der Waals surface area contributed by atoms with Gasteiger partial charge in [0.05, 0.1) is 0 Å². The van der Waals surface area contributed by atoms with Gasteiger partial charge in [-0.2, -0.15) is 0 Å². The summed E-state index contributed by atoms with van der Waals surface area (Å²) in [5.74, 6) is 2.21. The van der Waals surface area contributed by atoms with Gasteiger partial charge in [0, 0.05) is 72.2 Å². The van der Waals surface area contributed by atoms with E-state index in [1.165, 1.54) is 28.4 Å². The van der Waals surface area contributed by atoms with Gasteiger partial charge in [0.1, 0.15) is 35.1 Å². The summed E-state index contributed by atoms with van der Waals surface area (Å²) < 4.78 is 42.6. The van der Waals surface area contributed by atoms with Crippen molar-refractivity contribution in [1.82, 2.24) is 8.47 Å². The van der Waals surface area contributed by atoms with E-state index in [-0.39, 0.29) is 0 Å². The maximum atomic E-state index is 11.2. The molecule has 19 heteroatoms. The monoisotopic (exact) mass is 814 g/mol. The molecule has 0 saturated carbocycles. The van der Waals surface area contributed by atoms with Gasteiger partial charge in [0.2, 0.25) is 0 Å². The highest BCUT2D eigenvalue weighted by Crippen LogP contribution is 2.44. The van der Waals surface area contributed by atoms with E-state index in [0.717, 1.165) is 22.3 Å². The first kappa shape index (κ1) is 35.9. The van der Waals surface area contributed by atoms with E-state index in [4.69, 9.17) is 55.9 Å². The Morgan fingerprint density at radius 1 is 0.456 bits per heavy atom. The fourth-order valence-corrected chi connectivity index (χ4v) is 17.6. The van der Waals surface area contributed by atoms with Crippen LogP contribution in [0.2, 0.25) is 0 Å². The Bertz CT molecular complexity index is 2730. The second kappa shape index (κ2) is 13.3. The van der Waals surface area contributed by atoms with E-state index in [1.54, 1.807) is 8.47 Å². The van der Waals surface area contributed by atoms with E-state index in [1.807, 2.05) is 97.1 Å². The lowest BCUT2D eigenvalue weighted by atomic mass is 10.1. The molecular formula is C38H34N8O8Si3. The SMILES string of the molecule is CO[Si](CO)(OC)O[Si]1(O[Si](CO)(OC)OC)n2c3c4ccccc4c2N=C2N=C(N=c4c5ccccc5c(n41)=NC1=NC(=N3)c3ccccc31)c1ccccc12. The molecule has 0 spiro atoms. The highest BCUT2D eigenvalue weighted by atomic mass is 28.5. The molecular weight excluding hydrogens is 781 g/mol. The third kappa shape index (κ3) is 5.13. The van der Waals surface area contributed by atoms with Crippen LogP contribution < -0.4 is 11.0 Å². The van der Waals surface area contributed by atoms with Gasteiger partial charge in [-0.3, -0.25) is 8.47 Å². The quantitative estimate of drug-likeness (QED) is 0.198. The molecule has 6 bridgehead atoms. The van der Waals surface area contributed by atoms with Crippen LogP contribution in [0.4, 0.5) is 11.6 Å². The lowest BCUT2D eigenvalue weighted by Gasteiger charge is -2.41. The molecule has 4 aliphatic rings. The standard InChI is InChI=1S/C38H34N8O8Si3/c1-49-55(21-47,50-2)53-57(54-56(22-48,51-3)52-4)45-35-27-17-9-10-18-28(27)37(45)43-33-25-15-7-8-16-26(25)34(40-33)44-38-30-20-12-11-19-29(30)36(46(38)57)42-32-24-14-6-5-13-23(24)31(39-32)41-35/h5-20,47-48H,21-22H2,1-4H3. The second-order valence-corrected chi connectivity index (χ2v) is 22.0. The molecule has 0 unspecified atom stereocenters. The largest absolute Gasteiger partial charge is 0.588 e. The first-order valence-corrected chi connectivity index (χ1v) is 23.5. The first-order valence-electron chi connectivity index (χ1n) is 17.9. The second-order valence-electron chi connectivity index (χ2n) is 13.4. The maximum Gasteiger partial charge on any atom is 0.588 e. The molecule has 4 aromatic carbocycles. The predicted octanol–water partition coefficient (Wildman–Crippen LogP) is 2.93. The minimum atomic E-state index is -4.98. The number of amidine groups is 4. The third-order valence-corrected chi connectivity index (χ3v) is 20.4. The minimum absolute atomic E-state index is 0.333. The van der Waals surface area contributed by atoms with Crippen molar-refractivity contribution < 1.29 is 36.1 Å². The van der Waals surface area contributed by atoms with Crippen LogP contribution in [0, 0.1) is 0 Å². The van der Waals surface area contributed by atoms with E-state index in [9.17, 15) is 10.2 Å². The number of fused-ring (bicyclic) bond motifs is 14. The van der Waals surface area contributed by atoms with Crippen molar-refractivity contribution >= 4 is 83.0 Å². The lowest BCUT2D eigenvalue weighted by molar-refractivity contribution is 0.0784. The molecule has 0 fully saturated rings. The summed E-state index contributed by atoms with van der Waals surface area (Å²) in [5, 5.41) is 25.1. The van der Waals surface area contributed by atoms with Crippen molar-refractivity contribution in [2.45, 2.75) is 0 Å². The highest BCUT2D eigenvalue weighted by Gasteiger charge is 2.64. The molecule has 16 nitrogen and oxygen atoms in total. The summed E-state index contributed by atoms with van der Waals surface area (Å²) in [6.07, 6.45) is -1.34. The average molecular weight is 815 g/mol. The van der Waals surface area contributed by atoms with Crippen molar-refractivity contribution in [3.8, 4) is 0 Å². The van der Waals surface area contributed by atoms with Crippen LogP contribution in [0.25, 0.3) is 21.5 Å². The van der Waals surface area contributed by atoms with Gasteiger partial charge in [0.25, 0.3) is 0 Å². The Morgan fingerprint density at radius 2 is 0.789 bits per heavy atom. The van der Waals surface area contributed by atoms with E-state index >= 15 is 0 Å². The van der Waals surface area contributed by atoms with E-state index < -0.39 is 39.0 Å². The molecule has 286 valence electrons. The average Bonchev–Trinajstić information content (AvgIpc) is 3.98. The van der Waals surface area contributed by atoms with Crippen molar-refractivity contribution in [2.75, 3.05) is 40.9 Å². The molecule has 0 atom stereocenters. The zero-order chi connectivity index (χ0) is 39.1. The van der Waals surface area contributed by atoms with Crippen molar-refractivity contribution in [1.29, 1.82) is 0 Å². The van der Waals surface area contributed by atoms with E-state index in [0.29, 0.717) is 67.5 Å². The minimum Gasteiger partial charge on any atom is -0.392 e. The summed E-state index contributed by atoms with van der Waals surface area (Å²) in [6.45, 7) is 0. The van der Waals surface area contributed by atoms with Crippen LogP contribution in [0.1, 0.15) is 22.3 Å². The molecule has 0 radical (unpaired) electrons. The van der Waals surface area contributed by atoms with Gasteiger partial charge in [0.15, 0.2) is 23.3 Å². The number of benzene rings is 4.